The number of rotatable bonds is 8. The van der Waals surface area contributed by atoms with E-state index >= 15 is 0 Å². The van der Waals surface area contributed by atoms with Gasteiger partial charge in [0, 0.05) is 35.3 Å². The van der Waals surface area contributed by atoms with Gasteiger partial charge in [-0.25, -0.2) is 0 Å². The van der Waals surface area contributed by atoms with Crippen molar-refractivity contribution in [2.75, 3.05) is 12.0 Å². The average molecular weight is 307 g/mol. The summed E-state index contributed by atoms with van der Waals surface area (Å²) in [5.41, 5.74) is 1.16. The van der Waals surface area contributed by atoms with Gasteiger partial charge in [-0.1, -0.05) is 35.5 Å². The van der Waals surface area contributed by atoms with Gasteiger partial charge in [-0.15, -0.1) is 0 Å². The van der Waals surface area contributed by atoms with Crippen LogP contribution >= 0.6 is 0 Å². The number of aromatic nitrogens is 2. The fraction of sp³-hybridized carbons (Fsp3) is 0.467. The molecule has 0 spiro atoms. The van der Waals surface area contributed by atoms with Crippen molar-refractivity contribution in [1.29, 1.82) is 0 Å². The second kappa shape index (κ2) is 8.05. The molecule has 6 heteroatoms. The van der Waals surface area contributed by atoms with Crippen molar-refractivity contribution in [2.24, 2.45) is 0 Å². The third-order valence-corrected chi connectivity index (χ3v) is 3.97. The summed E-state index contributed by atoms with van der Waals surface area (Å²) in [5.74, 6) is 1.99. The molecule has 114 valence electrons. The molecule has 0 bridgehead atoms. The van der Waals surface area contributed by atoms with E-state index in [1.54, 1.807) is 6.26 Å². The second-order valence-corrected chi connectivity index (χ2v) is 6.67. The predicted octanol–water partition coefficient (Wildman–Crippen LogP) is 1.91. The number of hydrogen-bond donors (Lipinski definition) is 1. The highest BCUT2D eigenvalue weighted by Gasteiger charge is 2.09. The van der Waals surface area contributed by atoms with E-state index < -0.39 is 10.8 Å². The van der Waals surface area contributed by atoms with Crippen molar-refractivity contribution >= 4 is 10.8 Å². The molecule has 0 aliphatic carbocycles. The first-order valence-corrected chi connectivity index (χ1v) is 8.75. The Morgan fingerprint density at radius 1 is 1.33 bits per heavy atom. The summed E-state index contributed by atoms with van der Waals surface area (Å²) in [6.07, 6.45) is 3.27. The Bertz CT molecular complexity index is 571. The zero-order valence-electron chi connectivity index (χ0n) is 12.4. The molecule has 0 amide bonds. The van der Waals surface area contributed by atoms with Crippen LogP contribution in [0.1, 0.15) is 30.6 Å². The summed E-state index contributed by atoms with van der Waals surface area (Å²) in [4.78, 5) is 4.37. The zero-order chi connectivity index (χ0) is 15.1. The van der Waals surface area contributed by atoms with Crippen molar-refractivity contribution in [3.05, 3.63) is 47.6 Å². The van der Waals surface area contributed by atoms with Crippen molar-refractivity contribution < 1.29 is 8.73 Å². The maximum Gasteiger partial charge on any atom is 0.240 e. The van der Waals surface area contributed by atoms with E-state index in [0.29, 0.717) is 30.4 Å². The molecule has 1 aromatic heterocycles. The number of benzene rings is 1. The normalized spacial score (nSPS) is 14.0. The van der Waals surface area contributed by atoms with Gasteiger partial charge in [0.1, 0.15) is 0 Å². The molecule has 5 nitrogen and oxygen atoms in total. The highest BCUT2D eigenvalue weighted by molar-refractivity contribution is 7.84. The molecule has 0 aliphatic rings. The standard InChI is InChI=1S/C15H21N3O2S/c1-12(8-9-21(2)19)16-11-15-17-14(18-20-15)10-13-6-4-3-5-7-13/h3-7,12,16H,8-11H2,1-2H3. The van der Waals surface area contributed by atoms with Gasteiger partial charge in [0.2, 0.25) is 5.89 Å². The molecule has 2 rings (SSSR count). The maximum absolute atomic E-state index is 11.0. The maximum atomic E-state index is 11.0. The molecule has 2 atom stereocenters. The van der Waals surface area contributed by atoms with Gasteiger partial charge in [0.15, 0.2) is 5.82 Å². The first kappa shape index (κ1) is 15.9. The molecule has 0 aliphatic heterocycles. The SMILES string of the molecule is CC(CCS(C)=O)NCc1nc(Cc2ccccc2)no1. The summed E-state index contributed by atoms with van der Waals surface area (Å²) in [5, 5.41) is 7.29. The third kappa shape index (κ3) is 5.77. The van der Waals surface area contributed by atoms with E-state index in [4.69, 9.17) is 4.52 Å². The van der Waals surface area contributed by atoms with Crippen LogP contribution in [0, 0.1) is 0 Å². The number of hydrogen-bond acceptors (Lipinski definition) is 5. The Balaban J connectivity index is 1.79. The summed E-state index contributed by atoms with van der Waals surface area (Å²) >= 11 is 0. The van der Waals surface area contributed by atoms with Crippen LogP contribution in [0.4, 0.5) is 0 Å². The van der Waals surface area contributed by atoms with Crippen LogP contribution in [0.15, 0.2) is 34.9 Å². The van der Waals surface area contributed by atoms with Gasteiger partial charge < -0.3 is 9.84 Å². The predicted molar refractivity (Wildman–Crippen MR) is 83.4 cm³/mol. The summed E-state index contributed by atoms with van der Waals surface area (Å²) < 4.78 is 16.3. The molecule has 0 saturated carbocycles. The van der Waals surface area contributed by atoms with Crippen molar-refractivity contribution in [3.63, 3.8) is 0 Å². The van der Waals surface area contributed by atoms with Gasteiger partial charge in [-0.05, 0) is 18.9 Å². The fourth-order valence-corrected chi connectivity index (χ4v) is 2.60. The van der Waals surface area contributed by atoms with E-state index in [9.17, 15) is 4.21 Å². The third-order valence-electron chi connectivity index (χ3n) is 3.16. The molecule has 2 unspecified atom stereocenters. The van der Waals surface area contributed by atoms with Gasteiger partial charge in [-0.3, -0.25) is 4.21 Å². The molecular formula is C15H21N3O2S. The second-order valence-electron chi connectivity index (χ2n) is 5.11. The summed E-state index contributed by atoms with van der Waals surface area (Å²) in [7, 11) is -0.744. The number of nitrogens with one attached hydrogen (secondary N) is 1. The lowest BCUT2D eigenvalue weighted by Gasteiger charge is -2.10. The minimum Gasteiger partial charge on any atom is -0.338 e. The molecule has 2 aromatic rings. The lowest BCUT2D eigenvalue weighted by atomic mass is 10.1. The molecule has 0 radical (unpaired) electrons. The van der Waals surface area contributed by atoms with Crippen molar-refractivity contribution in [1.82, 2.24) is 15.5 Å². The lowest BCUT2D eigenvalue weighted by molar-refractivity contribution is 0.355. The van der Waals surface area contributed by atoms with Crippen molar-refractivity contribution in [3.8, 4) is 0 Å². The highest BCUT2D eigenvalue weighted by Crippen LogP contribution is 2.06. The van der Waals surface area contributed by atoms with Gasteiger partial charge >= 0.3 is 0 Å². The quantitative estimate of drug-likeness (QED) is 0.807. The topological polar surface area (TPSA) is 68.0 Å². The van der Waals surface area contributed by atoms with Crippen LogP contribution in [-0.2, 0) is 23.8 Å². The van der Waals surface area contributed by atoms with E-state index in [1.807, 2.05) is 30.3 Å². The Kier molecular flexibility index (Phi) is 6.07. The van der Waals surface area contributed by atoms with Crippen LogP contribution in [0.5, 0.6) is 0 Å². The number of nitrogens with zero attached hydrogens (tertiary/aromatic N) is 2. The van der Waals surface area contributed by atoms with Crippen LogP contribution < -0.4 is 5.32 Å². The fourth-order valence-electron chi connectivity index (χ4n) is 1.92. The Morgan fingerprint density at radius 2 is 2.10 bits per heavy atom. The Hall–Kier alpha value is -1.53. The Labute approximate surface area is 127 Å². The molecule has 21 heavy (non-hydrogen) atoms. The van der Waals surface area contributed by atoms with E-state index in [0.717, 1.165) is 12.0 Å². The van der Waals surface area contributed by atoms with Crippen LogP contribution in [0.25, 0.3) is 0 Å². The Morgan fingerprint density at radius 3 is 2.81 bits per heavy atom. The molecule has 1 heterocycles. The van der Waals surface area contributed by atoms with Crippen LogP contribution in [0.2, 0.25) is 0 Å². The minimum absolute atomic E-state index is 0.276. The van der Waals surface area contributed by atoms with Gasteiger partial charge in [0.05, 0.1) is 6.54 Å². The zero-order valence-corrected chi connectivity index (χ0v) is 13.2. The van der Waals surface area contributed by atoms with Crippen LogP contribution in [0.3, 0.4) is 0 Å². The first-order chi connectivity index (χ1) is 10.1. The lowest BCUT2D eigenvalue weighted by Crippen LogP contribution is -2.27. The average Bonchev–Trinajstić information content (AvgIpc) is 2.91. The van der Waals surface area contributed by atoms with Gasteiger partial charge in [0.25, 0.3) is 0 Å². The summed E-state index contributed by atoms with van der Waals surface area (Å²) in [6.45, 7) is 2.60. The van der Waals surface area contributed by atoms with Crippen LogP contribution in [-0.4, -0.2) is 32.4 Å². The highest BCUT2D eigenvalue weighted by atomic mass is 32.2. The summed E-state index contributed by atoms with van der Waals surface area (Å²) in [6, 6.07) is 10.3. The monoisotopic (exact) mass is 307 g/mol. The van der Waals surface area contributed by atoms with Gasteiger partial charge in [-0.2, -0.15) is 4.98 Å². The largest absolute Gasteiger partial charge is 0.338 e. The molecule has 0 saturated heterocycles. The minimum atomic E-state index is -0.744. The smallest absolute Gasteiger partial charge is 0.240 e. The molecule has 1 N–H and O–H groups in total. The molecular weight excluding hydrogens is 286 g/mol. The van der Waals surface area contributed by atoms with Crippen molar-refractivity contribution in [2.45, 2.75) is 32.4 Å². The molecule has 1 aromatic carbocycles. The van der Waals surface area contributed by atoms with E-state index in [2.05, 4.69) is 22.4 Å². The van der Waals surface area contributed by atoms with E-state index in [1.165, 1.54) is 0 Å². The first-order valence-electron chi connectivity index (χ1n) is 7.02. The van der Waals surface area contributed by atoms with E-state index in [-0.39, 0.29) is 6.04 Å². The molecule has 0 fully saturated rings.